The summed E-state index contributed by atoms with van der Waals surface area (Å²) in [7, 11) is 0. The highest BCUT2D eigenvalue weighted by atomic mass is 32.1. The molecule has 1 aromatic carbocycles. The lowest BCUT2D eigenvalue weighted by molar-refractivity contribution is 0.0177. The Bertz CT molecular complexity index is 796. The minimum Gasteiger partial charge on any atom is -0.463 e. The smallest absolute Gasteiger partial charge is 0.273 e. The number of hydrogen-bond donors (Lipinski definition) is 0. The summed E-state index contributed by atoms with van der Waals surface area (Å²) in [6.07, 6.45) is 4.92. The molecule has 0 radical (unpaired) electrons. The van der Waals surface area contributed by atoms with Gasteiger partial charge in [-0.15, -0.1) is 0 Å². The van der Waals surface area contributed by atoms with E-state index in [2.05, 4.69) is 15.1 Å². The predicted molar refractivity (Wildman–Crippen MR) is 88.0 cm³/mol. The van der Waals surface area contributed by atoms with E-state index in [0.717, 1.165) is 5.56 Å². The lowest BCUT2D eigenvalue weighted by atomic mass is 10.1. The SMILES string of the molecule is O=C(c1ccc(Cn2cncn2)cc1)N1CC(Oc2nccs2)C1. The van der Waals surface area contributed by atoms with E-state index in [1.807, 2.05) is 29.6 Å². The van der Waals surface area contributed by atoms with Crippen LogP contribution in [0, 0.1) is 0 Å². The number of carbonyl (C=O) groups excluding carboxylic acids is 1. The quantitative estimate of drug-likeness (QED) is 0.706. The van der Waals surface area contributed by atoms with Crippen LogP contribution >= 0.6 is 11.3 Å². The molecule has 0 unspecified atom stereocenters. The summed E-state index contributed by atoms with van der Waals surface area (Å²) in [6, 6.07) is 7.59. The van der Waals surface area contributed by atoms with Crippen LogP contribution in [0.4, 0.5) is 0 Å². The Labute approximate surface area is 142 Å². The number of hydrogen-bond acceptors (Lipinski definition) is 6. The highest BCUT2D eigenvalue weighted by molar-refractivity contribution is 7.11. The van der Waals surface area contributed by atoms with Gasteiger partial charge >= 0.3 is 0 Å². The van der Waals surface area contributed by atoms with Crippen LogP contribution in [0.2, 0.25) is 0 Å². The third kappa shape index (κ3) is 3.13. The molecule has 7 nitrogen and oxygen atoms in total. The molecule has 1 aliphatic rings. The molecule has 1 amide bonds. The fraction of sp³-hybridized carbons (Fsp3) is 0.250. The Morgan fingerprint density at radius 3 is 2.79 bits per heavy atom. The van der Waals surface area contributed by atoms with Crippen LogP contribution in [0.15, 0.2) is 48.5 Å². The number of thiazole rings is 1. The van der Waals surface area contributed by atoms with Gasteiger partial charge in [0, 0.05) is 17.1 Å². The van der Waals surface area contributed by atoms with Crippen LogP contribution in [0.25, 0.3) is 0 Å². The normalized spacial score (nSPS) is 14.4. The van der Waals surface area contributed by atoms with Gasteiger partial charge in [-0.3, -0.25) is 4.79 Å². The van der Waals surface area contributed by atoms with Crippen molar-refractivity contribution in [3.8, 4) is 5.19 Å². The summed E-state index contributed by atoms with van der Waals surface area (Å²) in [5.74, 6) is 0.0290. The fourth-order valence-corrected chi connectivity index (χ4v) is 3.08. The maximum absolute atomic E-state index is 12.4. The van der Waals surface area contributed by atoms with E-state index in [4.69, 9.17) is 4.74 Å². The van der Waals surface area contributed by atoms with Crippen molar-refractivity contribution in [1.29, 1.82) is 0 Å². The van der Waals surface area contributed by atoms with E-state index < -0.39 is 0 Å². The van der Waals surface area contributed by atoms with Crippen LogP contribution in [0.1, 0.15) is 15.9 Å². The molecule has 1 aliphatic heterocycles. The molecule has 0 spiro atoms. The average Bonchev–Trinajstić information content (AvgIpc) is 3.24. The molecule has 122 valence electrons. The number of nitrogens with zero attached hydrogens (tertiary/aromatic N) is 5. The second-order valence-electron chi connectivity index (χ2n) is 5.54. The number of ether oxygens (including phenoxy) is 1. The van der Waals surface area contributed by atoms with Crippen molar-refractivity contribution in [3.63, 3.8) is 0 Å². The van der Waals surface area contributed by atoms with E-state index in [-0.39, 0.29) is 12.0 Å². The molecule has 1 fully saturated rings. The molecule has 24 heavy (non-hydrogen) atoms. The van der Waals surface area contributed by atoms with Crippen molar-refractivity contribution >= 4 is 17.2 Å². The number of rotatable bonds is 5. The molecule has 4 rings (SSSR count). The highest BCUT2D eigenvalue weighted by Crippen LogP contribution is 2.21. The summed E-state index contributed by atoms with van der Waals surface area (Å²) in [6.45, 7) is 1.83. The number of benzene rings is 1. The zero-order chi connectivity index (χ0) is 16.4. The summed E-state index contributed by atoms with van der Waals surface area (Å²) < 4.78 is 7.43. The zero-order valence-electron chi connectivity index (χ0n) is 12.8. The van der Waals surface area contributed by atoms with Crippen LogP contribution in [-0.2, 0) is 6.54 Å². The molecular formula is C16H15N5O2S. The summed E-state index contributed by atoms with van der Waals surface area (Å²) in [4.78, 5) is 22.2. The molecule has 0 saturated carbocycles. The largest absolute Gasteiger partial charge is 0.463 e. The number of likely N-dealkylation sites (tertiary alicyclic amines) is 1. The zero-order valence-corrected chi connectivity index (χ0v) is 13.6. The third-order valence-corrected chi connectivity index (χ3v) is 4.49. The summed E-state index contributed by atoms with van der Waals surface area (Å²) in [5.41, 5.74) is 1.76. The first-order chi connectivity index (χ1) is 11.8. The van der Waals surface area contributed by atoms with Crippen LogP contribution < -0.4 is 4.74 Å². The Kier molecular flexibility index (Phi) is 3.96. The summed E-state index contributed by atoms with van der Waals surface area (Å²) in [5, 5.41) is 6.60. The molecule has 3 heterocycles. The molecule has 8 heteroatoms. The Balaban J connectivity index is 1.32. The van der Waals surface area contributed by atoms with E-state index >= 15 is 0 Å². The second-order valence-corrected chi connectivity index (χ2v) is 6.40. The minimum absolute atomic E-state index is 0.0290. The molecule has 0 bridgehead atoms. The first-order valence-corrected chi connectivity index (χ1v) is 8.43. The predicted octanol–water partition coefficient (Wildman–Crippen LogP) is 1.69. The average molecular weight is 341 g/mol. The molecule has 0 atom stereocenters. The van der Waals surface area contributed by atoms with Gasteiger partial charge in [0.25, 0.3) is 11.1 Å². The Hall–Kier alpha value is -2.74. The monoisotopic (exact) mass is 341 g/mol. The first-order valence-electron chi connectivity index (χ1n) is 7.55. The van der Waals surface area contributed by atoms with E-state index in [9.17, 15) is 4.79 Å². The second kappa shape index (κ2) is 6.40. The van der Waals surface area contributed by atoms with Crippen molar-refractivity contribution < 1.29 is 9.53 Å². The van der Waals surface area contributed by atoms with Crippen molar-refractivity contribution in [2.75, 3.05) is 13.1 Å². The minimum atomic E-state index is 0.0290. The van der Waals surface area contributed by atoms with Gasteiger partial charge in [0.2, 0.25) is 0 Å². The van der Waals surface area contributed by atoms with Gasteiger partial charge in [-0.2, -0.15) is 5.10 Å². The molecule has 1 saturated heterocycles. The van der Waals surface area contributed by atoms with E-state index in [1.54, 1.807) is 22.1 Å². The third-order valence-electron chi connectivity index (χ3n) is 3.82. The molecular weight excluding hydrogens is 326 g/mol. The lowest BCUT2D eigenvalue weighted by Gasteiger charge is -2.38. The van der Waals surface area contributed by atoms with Gasteiger partial charge in [-0.25, -0.2) is 14.6 Å². The van der Waals surface area contributed by atoms with Gasteiger partial charge in [-0.05, 0) is 17.7 Å². The topological polar surface area (TPSA) is 73.1 Å². The first kappa shape index (κ1) is 14.8. The summed E-state index contributed by atoms with van der Waals surface area (Å²) >= 11 is 1.46. The highest BCUT2D eigenvalue weighted by Gasteiger charge is 2.33. The van der Waals surface area contributed by atoms with Crippen molar-refractivity contribution in [3.05, 3.63) is 59.6 Å². The van der Waals surface area contributed by atoms with Crippen LogP contribution in [0.5, 0.6) is 5.19 Å². The van der Waals surface area contributed by atoms with Gasteiger partial charge in [0.05, 0.1) is 19.6 Å². The number of carbonyl (C=O) groups is 1. The Morgan fingerprint density at radius 1 is 1.29 bits per heavy atom. The Morgan fingerprint density at radius 2 is 2.12 bits per heavy atom. The van der Waals surface area contributed by atoms with Crippen LogP contribution in [-0.4, -0.2) is 49.7 Å². The molecule has 0 aliphatic carbocycles. The van der Waals surface area contributed by atoms with Crippen molar-refractivity contribution in [2.24, 2.45) is 0 Å². The van der Waals surface area contributed by atoms with Crippen molar-refractivity contribution in [2.45, 2.75) is 12.6 Å². The van der Waals surface area contributed by atoms with Crippen molar-refractivity contribution in [1.82, 2.24) is 24.6 Å². The maximum Gasteiger partial charge on any atom is 0.273 e. The molecule has 3 aromatic rings. The van der Waals surface area contributed by atoms with Gasteiger partial charge in [0.1, 0.15) is 18.8 Å². The van der Waals surface area contributed by atoms with E-state index in [1.165, 1.54) is 17.7 Å². The van der Waals surface area contributed by atoms with Crippen LogP contribution in [0.3, 0.4) is 0 Å². The molecule has 0 N–H and O–H groups in total. The molecule has 2 aromatic heterocycles. The standard InChI is InChI=1S/C16H15N5O2S/c22-15(20-8-14(9-20)23-16-18-5-6-24-16)13-3-1-12(2-4-13)7-21-11-17-10-19-21/h1-6,10-11,14H,7-9H2. The van der Waals surface area contributed by atoms with E-state index in [0.29, 0.717) is 30.4 Å². The number of amides is 1. The number of aromatic nitrogens is 4. The fourth-order valence-electron chi connectivity index (χ4n) is 2.53. The van der Waals surface area contributed by atoms with Gasteiger partial charge < -0.3 is 9.64 Å². The van der Waals surface area contributed by atoms with Gasteiger partial charge in [-0.1, -0.05) is 23.5 Å². The van der Waals surface area contributed by atoms with Gasteiger partial charge in [0.15, 0.2) is 0 Å². The maximum atomic E-state index is 12.4. The lowest BCUT2D eigenvalue weighted by Crippen LogP contribution is -2.56.